The second-order valence-electron chi connectivity index (χ2n) is 7.29. The Hall–Kier alpha value is -2.19. The van der Waals surface area contributed by atoms with Gasteiger partial charge in [0.1, 0.15) is 0 Å². The molecule has 0 N–H and O–H groups in total. The molecule has 1 fully saturated rings. The van der Waals surface area contributed by atoms with Crippen LogP contribution in [0.25, 0.3) is 0 Å². The topological polar surface area (TPSA) is 88.6 Å². The van der Waals surface area contributed by atoms with E-state index in [1.54, 1.807) is 17.0 Å². The number of benzene rings is 2. The molecule has 1 saturated heterocycles. The lowest BCUT2D eigenvalue weighted by Crippen LogP contribution is -2.35. The van der Waals surface area contributed by atoms with Crippen molar-refractivity contribution in [3.8, 4) is 0 Å². The molecule has 2 aliphatic rings. The number of aryl methyl sites for hydroxylation is 1. The van der Waals surface area contributed by atoms with Crippen molar-refractivity contribution in [3.05, 3.63) is 59.7 Å². The van der Waals surface area contributed by atoms with Crippen LogP contribution in [0.3, 0.4) is 0 Å². The van der Waals surface area contributed by atoms with E-state index in [1.165, 1.54) is 12.1 Å². The number of carbonyl (C=O) groups excluding carboxylic acids is 1. The standard InChI is InChI=1S/C20H21NO5S2/c22-20(21-11-4-7-15-5-1-2-9-19(15)21)16-6-3-8-17(13-16)28(25,26)18-10-12-27(23,24)14-18/h1-3,5-6,8-9,13,18H,4,7,10-12,14H2/t18-/m1/s1. The van der Waals surface area contributed by atoms with E-state index in [1.807, 2.05) is 24.3 Å². The summed E-state index contributed by atoms with van der Waals surface area (Å²) in [6.45, 7) is 0.577. The molecule has 0 saturated carbocycles. The first-order valence-electron chi connectivity index (χ1n) is 9.22. The minimum absolute atomic E-state index is 0.00532. The first-order valence-corrected chi connectivity index (χ1v) is 12.6. The molecule has 1 atom stereocenters. The first-order chi connectivity index (χ1) is 13.3. The fourth-order valence-corrected chi connectivity index (χ4v) is 8.31. The highest BCUT2D eigenvalue weighted by Gasteiger charge is 2.38. The maximum atomic E-state index is 13.1. The molecular formula is C20H21NO5S2. The van der Waals surface area contributed by atoms with Gasteiger partial charge in [0, 0.05) is 17.8 Å². The SMILES string of the molecule is O=C(c1cccc(S(=O)(=O)[C@@H]2CCS(=O)(=O)C2)c1)N1CCCc2ccccc21. The van der Waals surface area contributed by atoms with Crippen molar-refractivity contribution in [1.29, 1.82) is 0 Å². The normalized spacial score (nSPS) is 21.3. The van der Waals surface area contributed by atoms with Gasteiger partial charge in [-0.15, -0.1) is 0 Å². The van der Waals surface area contributed by atoms with E-state index in [9.17, 15) is 21.6 Å². The third-order valence-electron chi connectivity index (χ3n) is 5.39. The summed E-state index contributed by atoms with van der Waals surface area (Å²) >= 11 is 0. The van der Waals surface area contributed by atoms with E-state index in [0.29, 0.717) is 12.1 Å². The van der Waals surface area contributed by atoms with Gasteiger partial charge in [0.15, 0.2) is 19.7 Å². The van der Waals surface area contributed by atoms with Gasteiger partial charge in [-0.2, -0.15) is 0 Å². The molecule has 2 aromatic carbocycles. The van der Waals surface area contributed by atoms with Gasteiger partial charge in [-0.1, -0.05) is 24.3 Å². The van der Waals surface area contributed by atoms with Crippen LogP contribution in [0.4, 0.5) is 5.69 Å². The maximum Gasteiger partial charge on any atom is 0.258 e. The van der Waals surface area contributed by atoms with Crippen LogP contribution < -0.4 is 4.90 Å². The molecule has 0 aliphatic carbocycles. The number of sulfone groups is 2. The number of amides is 1. The van der Waals surface area contributed by atoms with E-state index < -0.39 is 24.9 Å². The van der Waals surface area contributed by atoms with Crippen LogP contribution in [-0.4, -0.2) is 46.0 Å². The van der Waals surface area contributed by atoms with Gasteiger partial charge in [0.25, 0.3) is 5.91 Å². The number of rotatable bonds is 3. The average molecular weight is 420 g/mol. The number of para-hydroxylation sites is 1. The molecule has 2 heterocycles. The first kappa shape index (κ1) is 19.1. The zero-order valence-electron chi connectivity index (χ0n) is 15.2. The van der Waals surface area contributed by atoms with E-state index in [-0.39, 0.29) is 28.7 Å². The Morgan fingerprint density at radius 3 is 2.61 bits per heavy atom. The summed E-state index contributed by atoms with van der Waals surface area (Å²) in [5, 5.41) is -0.946. The molecular weight excluding hydrogens is 398 g/mol. The van der Waals surface area contributed by atoms with Gasteiger partial charge < -0.3 is 4.90 Å². The quantitative estimate of drug-likeness (QED) is 0.761. The summed E-state index contributed by atoms with van der Waals surface area (Å²) in [7, 11) is -7.12. The van der Waals surface area contributed by atoms with Crippen molar-refractivity contribution < 1.29 is 21.6 Å². The summed E-state index contributed by atoms with van der Waals surface area (Å²) < 4.78 is 49.1. The molecule has 2 aliphatic heterocycles. The number of carbonyl (C=O) groups is 1. The van der Waals surface area contributed by atoms with Gasteiger partial charge in [-0.05, 0) is 49.1 Å². The Bertz CT molecular complexity index is 1140. The van der Waals surface area contributed by atoms with Crippen LogP contribution in [0.2, 0.25) is 0 Å². The Labute approximate surface area is 165 Å². The second-order valence-corrected chi connectivity index (χ2v) is 11.7. The van der Waals surface area contributed by atoms with Crippen molar-refractivity contribution in [3.63, 3.8) is 0 Å². The highest BCUT2D eigenvalue weighted by Crippen LogP contribution is 2.30. The molecule has 2 aromatic rings. The molecule has 0 unspecified atom stereocenters. The molecule has 8 heteroatoms. The smallest absolute Gasteiger partial charge is 0.258 e. The van der Waals surface area contributed by atoms with Crippen LogP contribution in [0.5, 0.6) is 0 Å². The van der Waals surface area contributed by atoms with Crippen LogP contribution >= 0.6 is 0 Å². The third-order valence-corrected chi connectivity index (χ3v) is 9.56. The van der Waals surface area contributed by atoms with Crippen molar-refractivity contribution in [1.82, 2.24) is 0 Å². The lowest BCUT2D eigenvalue weighted by atomic mass is 10.0. The number of hydrogen-bond acceptors (Lipinski definition) is 5. The van der Waals surface area contributed by atoms with E-state index in [0.717, 1.165) is 24.1 Å². The average Bonchev–Trinajstić information content (AvgIpc) is 3.07. The lowest BCUT2D eigenvalue weighted by molar-refractivity contribution is 0.0985. The van der Waals surface area contributed by atoms with Gasteiger partial charge >= 0.3 is 0 Å². The summed E-state index contributed by atoms with van der Waals surface area (Å²) in [6, 6.07) is 13.7. The molecule has 0 bridgehead atoms. The fraction of sp³-hybridized carbons (Fsp3) is 0.350. The maximum absolute atomic E-state index is 13.1. The number of anilines is 1. The van der Waals surface area contributed by atoms with E-state index in [2.05, 4.69) is 0 Å². The Morgan fingerprint density at radius 2 is 1.86 bits per heavy atom. The number of nitrogens with zero attached hydrogens (tertiary/aromatic N) is 1. The van der Waals surface area contributed by atoms with Crippen molar-refractivity contribution in [2.75, 3.05) is 23.0 Å². The van der Waals surface area contributed by atoms with Crippen LogP contribution in [0.1, 0.15) is 28.8 Å². The molecule has 0 spiro atoms. The van der Waals surface area contributed by atoms with Crippen molar-refractivity contribution >= 4 is 31.3 Å². The number of hydrogen-bond donors (Lipinski definition) is 0. The van der Waals surface area contributed by atoms with Gasteiger partial charge in [-0.3, -0.25) is 4.79 Å². The summed E-state index contributed by atoms with van der Waals surface area (Å²) in [5.74, 6) is -0.712. The van der Waals surface area contributed by atoms with E-state index in [4.69, 9.17) is 0 Å². The predicted octanol–water partition coefficient (Wildman–Crippen LogP) is 2.24. The zero-order chi connectivity index (χ0) is 19.9. The van der Waals surface area contributed by atoms with Gasteiger partial charge in [0.05, 0.1) is 21.7 Å². The van der Waals surface area contributed by atoms with Crippen LogP contribution in [0.15, 0.2) is 53.4 Å². The summed E-state index contributed by atoms with van der Waals surface area (Å²) in [6.07, 6.45) is 1.85. The minimum Gasteiger partial charge on any atom is -0.308 e. The molecule has 148 valence electrons. The largest absolute Gasteiger partial charge is 0.308 e. The Morgan fingerprint density at radius 1 is 1.07 bits per heavy atom. The van der Waals surface area contributed by atoms with Gasteiger partial charge in [-0.25, -0.2) is 16.8 Å². The molecule has 1 amide bonds. The monoisotopic (exact) mass is 419 g/mol. The van der Waals surface area contributed by atoms with Crippen molar-refractivity contribution in [2.45, 2.75) is 29.4 Å². The molecule has 0 aromatic heterocycles. The minimum atomic E-state index is -3.81. The molecule has 6 nitrogen and oxygen atoms in total. The fourth-order valence-electron chi connectivity index (χ4n) is 3.90. The van der Waals surface area contributed by atoms with Crippen LogP contribution in [0, 0.1) is 0 Å². The number of fused-ring (bicyclic) bond motifs is 1. The molecule has 4 rings (SSSR count). The second kappa shape index (κ2) is 7.00. The van der Waals surface area contributed by atoms with Gasteiger partial charge in [0.2, 0.25) is 0 Å². The highest BCUT2D eigenvalue weighted by molar-refractivity contribution is 7.96. The summed E-state index contributed by atoms with van der Waals surface area (Å²) in [5.41, 5.74) is 2.24. The molecule has 0 radical (unpaired) electrons. The summed E-state index contributed by atoms with van der Waals surface area (Å²) in [4.78, 5) is 14.8. The highest BCUT2D eigenvalue weighted by atomic mass is 32.2. The van der Waals surface area contributed by atoms with Crippen molar-refractivity contribution in [2.24, 2.45) is 0 Å². The van der Waals surface area contributed by atoms with Crippen LogP contribution in [-0.2, 0) is 26.1 Å². The zero-order valence-corrected chi connectivity index (χ0v) is 16.9. The predicted molar refractivity (Wildman–Crippen MR) is 107 cm³/mol. The molecule has 28 heavy (non-hydrogen) atoms. The Kier molecular flexibility index (Phi) is 4.79. The van der Waals surface area contributed by atoms with E-state index >= 15 is 0 Å². The lowest BCUT2D eigenvalue weighted by Gasteiger charge is -2.29. The Balaban J connectivity index is 1.66. The third kappa shape index (κ3) is 3.46.